The van der Waals surface area contributed by atoms with Crippen molar-refractivity contribution in [3.8, 4) is 23.0 Å². The smallest absolute Gasteiger partial charge is 0.233 e. The van der Waals surface area contributed by atoms with Crippen LogP contribution in [0.2, 0.25) is 0 Å². The molecule has 0 radical (unpaired) electrons. The Labute approximate surface area is 167 Å². The molecule has 2 N–H and O–H groups in total. The molecule has 1 heterocycles. The summed E-state index contributed by atoms with van der Waals surface area (Å²) in [7, 11) is 0. The molecule has 0 aromatic heterocycles. The third-order valence-corrected chi connectivity index (χ3v) is 4.09. The zero-order chi connectivity index (χ0) is 20.1. The fourth-order valence-electron chi connectivity index (χ4n) is 2.76. The van der Waals surface area contributed by atoms with Crippen molar-refractivity contribution < 1.29 is 23.8 Å². The van der Waals surface area contributed by atoms with Crippen LogP contribution >= 0.6 is 0 Å². The number of ether oxygens (including phenoxy) is 3. The maximum atomic E-state index is 12.1. The summed E-state index contributed by atoms with van der Waals surface area (Å²) in [6, 6.07) is 21.4. The molecule has 2 amide bonds. The first-order valence-corrected chi connectivity index (χ1v) is 8.98. The second-order valence-electron chi connectivity index (χ2n) is 6.28. The molecule has 0 bridgehead atoms. The average Bonchev–Trinajstić information content (AvgIpc) is 3.18. The normalized spacial score (nSPS) is 11.6. The summed E-state index contributed by atoms with van der Waals surface area (Å²) in [5, 5.41) is 5.36. The van der Waals surface area contributed by atoms with Gasteiger partial charge in [0.15, 0.2) is 11.5 Å². The zero-order valence-electron chi connectivity index (χ0n) is 15.4. The molecule has 1 aliphatic heterocycles. The first kappa shape index (κ1) is 18.4. The van der Waals surface area contributed by atoms with Gasteiger partial charge in [-0.15, -0.1) is 0 Å². The molecule has 7 heteroatoms. The van der Waals surface area contributed by atoms with Crippen LogP contribution in [0.1, 0.15) is 6.42 Å². The van der Waals surface area contributed by atoms with E-state index in [1.54, 1.807) is 42.5 Å². The van der Waals surface area contributed by atoms with Crippen LogP contribution in [-0.4, -0.2) is 18.6 Å². The summed E-state index contributed by atoms with van der Waals surface area (Å²) >= 11 is 0. The van der Waals surface area contributed by atoms with Gasteiger partial charge in [-0.25, -0.2) is 0 Å². The number of rotatable bonds is 6. The molecule has 0 aliphatic carbocycles. The van der Waals surface area contributed by atoms with Gasteiger partial charge in [0, 0.05) is 17.4 Å². The van der Waals surface area contributed by atoms with Gasteiger partial charge in [0.1, 0.15) is 17.9 Å². The highest BCUT2D eigenvalue weighted by Crippen LogP contribution is 2.34. The van der Waals surface area contributed by atoms with Crippen LogP contribution in [0, 0.1) is 0 Å². The Kier molecular flexibility index (Phi) is 5.29. The lowest BCUT2D eigenvalue weighted by Crippen LogP contribution is -2.21. The molecule has 0 fully saturated rings. The number of amides is 2. The zero-order valence-corrected chi connectivity index (χ0v) is 15.4. The van der Waals surface area contributed by atoms with Crippen molar-refractivity contribution in [1.29, 1.82) is 0 Å². The molecule has 0 saturated heterocycles. The average molecular weight is 390 g/mol. The standard InChI is InChI=1S/C22H18N2O5/c25-21(13-22(26)24-16-8-11-19-20(12-16)28-14-27-19)23-15-6-9-18(10-7-15)29-17-4-2-1-3-5-17/h1-12H,13-14H2,(H,23,25)(H,24,26). The van der Waals surface area contributed by atoms with Gasteiger partial charge in [0.25, 0.3) is 0 Å². The molecule has 0 spiro atoms. The van der Waals surface area contributed by atoms with E-state index in [0.717, 1.165) is 5.75 Å². The van der Waals surface area contributed by atoms with Gasteiger partial charge in [0.05, 0.1) is 0 Å². The van der Waals surface area contributed by atoms with Crippen LogP contribution in [-0.2, 0) is 9.59 Å². The Bertz CT molecular complexity index is 1020. The summed E-state index contributed by atoms with van der Waals surface area (Å²) in [6.45, 7) is 0.157. The summed E-state index contributed by atoms with van der Waals surface area (Å²) in [6.07, 6.45) is -0.309. The van der Waals surface area contributed by atoms with Crippen LogP contribution < -0.4 is 24.8 Å². The molecule has 0 unspecified atom stereocenters. The SMILES string of the molecule is O=C(CC(=O)Nc1ccc2c(c1)OCO2)Nc1ccc(Oc2ccccc2)cc1. The number of benzene rings is 3. The molecule has 29 heavy (non-hydrogen) atoms. The van der Waals surface area contributed by atoms with E-state index in [9.17, 15) is 9.59 Å². The predicted octanol–water partition coefficient (Wildman–Crippen LogP) is 4.17. The number of para-hydroxylation sites is 1. The first-order valence-electron chi connectivity index (χ1n) is 8.98. The van der Waals surface area contributed by atoms with Gasteiger partial charge in [-0.1, -0.05) is 18.2 Å². The van der Waals surface area contributed by atoms with E-state index in [4.69, 9.17) is 14.2 Å². The fraction of sp³-hybridized carbons (Fsp3) is 0.0909. The molecular weight excluding hydrogens is 372 g/mol. The molecule has 1 aliphatic rings. The van der Waals surface area contributed by atoms with E-state index in [2.05, 4.69) is 10.6 Å². The number of anilines is 2. The van der Waals surface area contributed by atoms with Crippen molar-refractivity contribution >= 4 is 23.2 Å². The van der Waals surface area contributed by atoms with Crippen LogP contribution in [0.3, 0.4) is 0 Å². The third-order valence-electron chi connectivity index (χ3n) is 4.09. The van der Waals surface area contributed by atoms with E-state index < -0.39 is 11.8 Å². The molecule has 3 aromatic carbocycles. The quantitative estimate of drug-likeness (QED) is 0.617. The monoisotopic (exact) mass is 390 g/mol. The van der Waals surface area contributed by atoms with Crippen molar-refractivity contribution in [1.82, 2.24) is 0 Å². The largest absolute Gasteiger partial charge is 0.457 e. The minimum atomic E-state index is -0.426. The molecular formula is C22H18N2O5. The summed E-state index contributed by atoms with van der Waals surface area (Å²) in [4.78, 5) is 24.2. The second-order valence-corrected chi connectivity index (χ2v) is 6.28. The minimum Gasteiger partial charge on any atom is -0.457 e. The van der Waals surface area contributed by atoms with E-state index >= 15 is 0 Å². The predicted molar refractivity (Wildman–Crippen MR) is 107 cm³/mol. The molecule has 146 valence electrons. The van der Waals surface area contributed by atoms with Gasteiger partial charge in [-0.2, -0.15) is 0 Å². The highest BCUT2D eigenvalue weighted by atomic mass is 16.7. The summed E-state index contributed by atoms with van der Waals surface area (Å²) in [5.41, 5.74) is 1.11. The highest BCUT2D eigenvalue weighted by molar-refractivity contribution is 6.08. The molecule has 3 aromatic rings. The Morgan fingerprint density at radius 3 is 2.14 bits per heavy atom. The van der Waals surface area contributed by atoms with E-state index in [1.165, 1.54) is 0 Å². The van der Waals surface area contributed by atoms with Crippen molar-refractivity contribution in [2.24, 2.45) is 0 Å². The highest BCUT2D eigenvalue weighted by Gasteiger charge is 2.15. The van der Waals surface area contributed by atoms with Crippen LogP contribution in [0.5, 0.6) is 23.0 Å². The number of carbonyl (C=O) groups is 2. The Balaban J connectivity index is 1.28. The summed E-state index contributed by atoms with van der Waals surface area (Å²) < 4.78 is 16.2. The summed E-state index contributed by atoms with van der Waals surface area (Å²) in [5.74, 6) is 1.72. The molecule has 0 atom stereocenters. The van der Waals surface area contributed by atoms with Gasteiger partial charge in [-0.05, 0) is 48.5 Å². The van der Waals surface area contributed by atoms with Gasteiger partial charge in [0.2, 0.25) is 18.6 Å². The molecule has 0 saturated carbocycles. The van der Waals surface area contributed by atoms with Gasteiger partial charge in [-0.3, -0.25) is 9.59 Å². The lowest BCUT2D eigenvalue weighted by Gasteiger charge is -2.09. The number of fused-ring (bicyclic) bond motifs is 1. The minimum absolute atomic E-state index is 0.157. The van der Waals surface area contributed by atoms with Crippen molar-refractivity contribution in [2.75, 3.05) is 17.4 Å². The van der Waals surface area contributed by atoms with E-state index in [0.29, 0.717) is 28.6 Å². The Morgan fingerprint density at radius 1 is 0.759 bits per heavy atom. The van der Waals surface area contributed by atoms with E-state index in [1.807, 2.05) is 30.3 Å². The number of hydrogen-bond acceptors (Lipinski definition) is 5. The lowest BCUT2D eigenvalue weighted by molar-refractivity contribution is -0.123. The first-order chi connectivity index (χ1) is 14.2. The number of carbonyl (C=O) groups excluding carboxylic acids is 2. The second kappa shape index (κ2) is 8.35. The third kappa shape index (κ3) is 4.84. The van der Waals surface area contributed by atoms with Gasteiger partial charge >= 0.3 is 0 Å². The maximum Gasteiger partial charge on any atom is 0.233 e. The van der Waals surface area contributed by atoms with E-state index in [-0.39, 0.29) is 13.2 Å². The van der Waals surface area contributed by atoms with Gasteiger partial charge < -0.3 is 24.8 Å². The Morgan fingerprint density at radius 2 is 1.38 bits per heavy atom. The van der Waals surface area contributed by atoms with Crippen molar-refractivity contribution in [3.05, 3.63) is 72.8 Å². The number of hydrogen-bond donors (Lipinski definition) is 2. The molecule has 4 rings (SSSR count). The van der Waals surface area contributed by atoms with Crippen LogP contribution in [0.4, 0.5) is 11.4 Å². The maximum absolute atomic E-state index is 12.1. The van der Waals surface area contributed by atoms with Crippen LogP contribution in [0.15, 0.2) is 72.8 Å². The molecule has 7 nitrogen and oxygen atoms in total. The van der Waals surface area contributed by atoms with Crippen molar-refractivity contribution in [2.45, 2.75) is 6.42 Å². The van der Waals surface area contributed by atoms with Crippen LogP contribution in [0.25, 0.3) is 0 Å². The number of nitrogens with one attached hydrogen (secondary N) is 2. The Hall–Kier alpha value is -4.00. The topological polar surface area (TPSA) is 85.9 Å². The fourth-order valence-corrected chi connectivity index (χ4v) is 2.76. The van der Waals surface area contributed by atoms with Crippen molar-refractivity contribution in [3.63, 3.8) is 0 Å². The lowest BCUT2D eigenvalue weighted by atomic mass is 10.2.